The summed E-state index contributed by atoms with van der Waals surface area (Å²) in [6.07, 6.45) is 5.70. The lowest BCUT2D eigenvalue weighted by molar-refractivity contribution is 0.169. The standard InChI is InChI=1S/C11H22N2/c1-2-13-9-3-4-11(13)10-5-7-12-8-6-10/h10-12H,2-9H2,1H3. The van der Waals surface area contributed by atoms with E-state index in [1.165, 1.54) is 51.9 Å². The van der Waals surface area contributed by atoms with Crippen LogP contribution in [0.5, 0.6) is 0 Å². The quantitative estimate of drug-likeness (QED) is 0.695. The molecule has 2 heteroatoms. The fourth-order valence-corrected chi connectivity index (χ4v) is 3.01. The van der Waals surface area contributed by atoms with Crippen LogP contribution in [0.4, 0.5) is 0 Å². The Morgan fingerprint density at radius 2 is 2.00 bits per heavy atom. The fourth-order valence-electron chi connectivity index (χ4n) is 3.01. The van der Waals surface area contributed by atoms with Crippen LogP contribution in [-0.4, -0.2) is 37.1 Å². The van der Waals surface area contributed by atoms with Crippen LogP contribution >= 0.6 is 0 Å². The molecule has 0 aromatic heterocycles. The van der Waals surface area contributed by atoms with Crippen molar-refractivity contribution in [1.29, 1.82) is 0 Å². The molecule has 0 aliphatic carbocycles. The third-order valence-corrected chi connectivity index (χ3v) is 3.75. The summed E-state index contributed by atoms with van der Waals surface area (Å²) in [5.41, 5.74) is 0. The van der Waals surface area contributed by atoms with Crippen LogP contribution < -0.4 is 5.32 Å². The van der Waals surface area contributed by atoms with Gasteiger partial charge in [0.15, 0.2) is 0 Å². The van der Waals surface area contributed by atoms with Crippen molar-refractivity contribution in [3.05, 3.63) is 0 Å². The van der Waals surface area contributed by atoms with Crippen LogP contribution in [0.2, 0.25) is 0 Å². The van der Waals surface area contributed by atoms with E-state index in [1.54, 1.807) is 0 Å². The highest BCUT2D eigenvalue weighted by Crippen LogP contribution is 2.28. The Balaban J connectivity index is 1.90. The van der Waals surface area contributed by atoms with Crippen molar-refractivity contribution >= 4 is 0 Å². The monoisotopic (exact) mass is 182 g/mol. The minimum atomic E-state index is 0.923. The average molecular weight is 182 g/mol. The van der Waals surface area contributed by atoms with Crippen molar-refractivity contribution in [3.63, 3.8) is 0 Å². The highest BCUT2D eigenvalue weighted by atomic mass is 15.2. The second-order valence-electron chi connectivity index (χ2n) is 4.43. The minimum absolute atomic E-state index is 0.923. The number of hydrogen-bond acceptors (Lipinski definition) is 2. The summed E-state index contributed by atoms with van der Waals surface area (Å²) in [7, 11) is 0. The zero-order valence-electron chi connectivity index (χ0n) is 8.76. The van der Waals surface area contributed by atoms with E-state index in [0.717, 1.165) is 12.0 Å². The Bertz CT molecular complexity index is 152. The summed E-state index contributed by atoms with van der Waals surface area (Å²) in [5.74, 6) is 0.990. The first-order valence-electron chi connectivity index (χ1n) is 5.86. The number of likely N-dealkylation sites (tertiary alicyclic amines) is 1. The molecule has 76 valence electrons. The number of piperidine rings is 1. The second-order valence-corrected chi connectivity index (χ2v) is 4.43. The molecule has 2 heterocycles. The van der Waals surface area contributed by atoms with Crippen molar-refractivity contribution < 1.29 is 0 Å². The molecule has 13 heavy (non-hydrogen) atoms. The van der Waals surface area contributed by atoms with Gasteiger partial charge in [0.1, 0.15) is 0 Å². The SMILES string of the molecule is CCN1CCCC1C1CCNCC1. The Morgan fingerprint density at radius 1 is 1.23 bits per heavy atom. The second kappa shape index (κ2) is 4.43. The van der Waals surface area contributed by atoms with Crippen molar-refractivity contribution in [3.8, 4) is 0 Å². The van der Waals surface area contributed by atoms with Gasteiger partial charge in [-0.15, -0.1) is 0 Å². The maximum atomic E-state index is 3.45. The third kappa shape index (κ3) is 2.05. The molecule has 2 rings (SSSR count). The van der Waals surface area contributed by atoms with Gasteiger partial charge in [-0.3, -0.25) is 0 Å². The van der Waals surface area contributed by atoms with E-state index in [1.807, 2.05) is 0 Å². The van der Waals surface area contributed by atoms with Crippen LogP contribution in [0.3, 0.4) is 0 Å². The summed E-state index contributed by atoms with van der Waals surface area (Å²) >= 11 is 0. The molecule has 0 saturated carbocycles. The summed E-state index contributed by atoms with van der Waals surface area (Å²) < 4.78 is 0. The van der Waals surface area contributed by atoms with Crippen LogP contribution in [0, 0.1) is 5.92 Å². The van der Waals surface area contributed by atoms with Gasteiger partial charge in [0.05, 0.1) is 0 Å². The van der Waals surface area contributed by atoms with Gasteiger partial charge in [-0.05, 0) is 57.8 Å². The molecule has 1 atom stereocenters. The molecule has 2 saturated heterocycles. The molecule has 2 nitrogen and oxygen atoms in total. The van der Waals surface area contributed by atoms with Crippen LogP contribution in [0.1, 0.15) is 32.6 Å². The largest absolute Gasteiger partial charge is 0.317 e. The van der Waals surface area contributed by atoms with E-state index in [-0.39, 0.29) is 0 Å². The van der Waals surface area contributed by atoms with Crippen molar-refractivity contribution in [1.82, 2.24) is 10.2 Å². The van der Waals surface area contributed by atoms with E-state index < -0.39 is 0 Å². The highest BCUT2D eigenvalue weighted by Gasteiger charge is 2.30. The summed E-state index contributed by atoms with van der Waals surface area (Å²) in [6, 6.07) is 0.923. The maximum Gasteiger partial charge on any atom is 0.0125 e. The Hall–Kier alpha value is -0.0800. The molecule has 0 bridgehead atoms. The van der Waals surface area contributed by atoms with E-state index in [0.29, 0.717) is 0 Å². The third-order valence-electron chi connectivity index (χ3n) is 3.75. The van der Waals surface area contributed by atoms with Crippen LogP contribution in [0.15, 0.2) is 0 Å². The molecular weight excluding hydrogens is 160 g/mol. The van der Waals surface area contributed by atoms with E-state index in [9.17, 15) is 0 Å². The number of nitrogens with zero attached hydrogens (tertiary/aromatic N) is 1. The molecule has 1 unspecified atom stereocenters. The lowest BCUT2D eigenvalue weighted by Gasteiger charge is -2.33. The van der Waals surface area contributed by atoms with E-state index >= 15 is 0 Å². The summed E-state index contributed by atoms with van der Waals surface area (Å²) in [6.45, 7) is 7.41. The summed E-state index contributed by atoms with van der Waals surface area (Å²) in [5, 5.41) is 3.45. The maximum absolute atomic E-state index is 3.45. The fraction of sp³-hybridized carbons (Fsp3) is 1.00. The minimum Gasteiger partial charge on any atom is -0.317 e. The Kier molecular flexibility index (Phi) is 3.23. The molecule has 0 aromatic rings. The molecule has 0 aromatic carbocycles. The van der Waals surface area contributed by atoms with Gasteiger partial charge < -0.3 is 10.2 Å². The molecule has 1 N–H and O–H groups in total. The first-order chi connectivity index (χ1) is 6.42. The molecule has 0 spiro atoms. The van der Waals surface area contributed by atoms with Gasteiger partial charge in [0.2, 0.25) is 0 Å². The van der Waals surface area contributed by atoms with Gasteiger partial charge in [0, 0.05) is 6.04 Å². The topological polar surface area (TPSA) is 15.3 Å². The predicted molar refractivity (Wildman–Crippen MR) is 55.9 cm³/mol. The number of nitrogens with one attached hydrogen (secondary N) is 1. The van der Waals surface area contributed by atoms with Crippen LogP contribution in [0.25, 0.3) is 0 Å². The molecule has 2 aliphatic rings. The number of hydrogen-bond donors (Lipinski definition) is 1. The predicted octanol–water partition coefficient (Wildman–Crippen LogP) is 1.47. The highest BCUT2D eigenvalue weighted by molar-refractivity contribution is 4.86. The number of rotatable bonds is 2. The van der Waals surface area contributed by atoms with Crippen LogP contribution in [-0.2, 0) is 0 Å². The first-order valence-corrected chi connectivity index (χ1v) is 5.86. The zero-order valence-corrected chi connectivity index (χ0v) is 8.76. The molecule has 2 fully saturated rings. The van der Waals surface area contributed by atoms with Crippen molar-refractivity contribution in [2.24, 2.45) is 5.92 Å². The van der Waals surface area contributed by atoms with Gasteiger partial charge in [-0.1, -0.05) is 6.92 Å². The van der Waals surface area contributed by atoms with Crippen molar-refractivity contribution in [2.45, 2.75) is 38.6 Å². The zero-order chi connectivity index (χ0) is 9.10. The van der Waals surface area contributed by atoms with Gasteiger partial charge in [-0.25, -0.2) is 0 Å². The lowest BCUT2D eigenvalue weighted by atomic mass is 9.89. The molecule has 0 amide bonds. The van der Waals surface area contributed by atoms with E-state index in [2.05, 4.69) is 17.1 Å². The molecule has 0 radical (unpaired) electrons. The normalized spacial score (nSPS) is 32.5. The van der Waals surface area contributed by atoms with Gasteiger partial charge in [-0.2, -0.15) is 0 Å². The average Bonchev–Trinajstić information content (AvgIpc) is 2.67. The van der Waals surface area contributed by atoms with Gasteiger partial charge in [0.25, 0.3) is 0 Å². The Labute approximate surface area is 81.7 Å². The Morgan fingerprint density at radius 3 is 2.69 bits per heavy atom. The summed E-state index contributed by atoms with van der Waals surface area (Å²) in [4.78, 5) is 2.69. The molecule has 2 aliphatic heterocycles. The first kappa shape index (κ1) is 9.47. The molecular formula is C11H22N2. The lowest BCUT2D eigenvalue weighted by Crippen LogP contribution is -2.40. The smallest absolute Gasteiger partial charge is 0.0125 e. The van der Waals surface area contributed by atoms with Gasteiger partial charge >= 0.3 is 0 Å². The van der Waals surface area contributed by atoms with E-state index in [4.69, 9.17) is 0 Å². The van der Waals surface area contributed by atoms with Crippen molar-refractivity contribution in [2.75, 3.05) is 26.2 Å².